The SMILES string of the molecule is CC1CCC(C2CNC2)CN1CCO. The van der Waals surface area contributed by atoms with Crippen molar-refractivity contribution in [2.24, 2.45) is 11.8 Å². The van der Waals surface area contributed by atoms with Gasteiger partial charge in [-0.1, -0.05) is 0 Å². The third-order valence-corrected chi connectivity index (χ3v) is 3.91. The van der Waals surface area contributed by atoms with Crippen LogP contribution < -0.4 is 5.32 Å². The first-order valence-corrected chi connectivity index (χ1v) is 5.87. The standard InChI is InChI=1S/C11H22N2O/c1-9-2-3-10(11-6-12-7-11)8-13(9)4-5-14/h9-12,14H,2-8H2,1H3. The van der Waals surface area contributed by atoms with Crippen LogP contribution in [0.3, 0.4) is 0 Å². The van der Waals surface area contributed by atoms with E-state index < -0.39 is 0 Å². The van der Waals surface area contributed by atoms with Crippen molar-refractivity contribution in [1.82, 2.24) is 10.2 Å². The van der Waals surface area contributed by atoms with Gasteiger partial charge in [-0.15, -0.1) is 0 Å². The second-order valence-corrected chi connectivity index (χ2v) is 4.82. The Balaban J connectivity index is 1.84. The van der Waals surface area contributed by atoms with Crippen LogP contribution in [-0.4, -0.2) is 48.8 Å². The Kier molecular flexibility index (Phi) is 3.42. The van der Waals surface area contributed by atoms with E-state index in [4.69, 9.17) is 5.11 Å². The molecule has 0 bridgehead atoms. The van der Waals surface area contributed by atoms with E-state index in [1.165, 1.54) is 32.5 Å². The molecular formula is C11H22N2O. The summed E-state index contributed by atoms with van der Waals surface area (Å²) in [5.41, 5.74) is 0. The van der Waals surface area contributed by atoms with Gasteiger partial charge in [-0.25, -0.2) is 0 Å². The lowest BCUT2D eigenvalue weighted by Gasteiger charge is -2.43. The molecule has 2 aliphatic heterocycles. The number of rotatable bonds is 3. The molecule has 0 aliphatic carbocycles. The normalized spacial score (nSPS) is 35.6. The van der Waals surface area contributed by atoms with Gasteiger partial charge in [-0.3, -0.25) is 4.90 Å². The molecular weight excluding hydrogens is 176 g/mol. The molecule has 0 amide bonds. The maximum Gasteiger partial charge on any atom is 0.0558 e. The van der Waals surface area contributed by atoms with Gasteiger partial charge in [0.2, 0.25) is 0 Å². The van der Waals surface area contributed by atoms with Gasteiger partial charge in [0.15, 0.2) is 0 Å². The molecule has 82 valence electrons. The van der Waals surface area contributed by atoms with Gasteiger partial charge >= 0.3 is 0 Å². The summed E-state index contributed by atoms with van der Waals surface area (Å²) >= 11 is 0. The third kappa shape index (κ3) is 2.10. The van der Waals surface area contributed by atoms with Gasteiger partial charge in [-0.2, -0.15) is 0 Å². The fourth-order valence-electron chi connectivity index (χ4n) is 2.68. The molecule has 2 N–H and O–H groups in total. The number of nitrogens with one attached hydrogen (secondary N) is 1. The summed E-state index contributed by atoms with van der Waals surface area (Å²) < 4.78 is 0. The Labute approximate surface area is 86.5 Å². The van der Waals surface area contributed by atoms with Crippen LogP contribution in [0.1, 0.15) is 19.8 Å². The molecule has 2 atom stereocenters. The Bertz CT molecular complexity index is 180. The first-order valence-electron chi connectivity index (χ1n) is 5.87. The summed E-state index contributed by atoms with van der Waals surface area (Å²) in [5, 5.41) is 12.3. The van der Waals surface area contributed by atoms with Crippen LogP contribution in [0.25, 0.3) is 0 Å². The number of likely N-dealkylation sites (tertiary alicyclic amines) is 1. The molecule has 0 saturated carbocycles. The second kappa shape index (κ2) is 4.60. The lowest BCUT2D eigenvalue weighted by atomic mass is 9.80. The number of aliphatic hydroxyl groups is 1. The van der Waals surface area contributed by atoms with Gasteiger partial charge in [0.05, 0.1) is 6.61 Å². The number of nitrogens with zero attached hydrogens (tertiary/aromatic N) is 1. The second-order valence-electron chi connectivity index (χ2n) is 4.82. The summed E-state index contributed by atoms with van der Waals surface area (Å²) in [6.45, 7) is 7.08. The van der Waals surface area contributed by atoms with E-state index in [-0.39, 0.29) is 0 Å². The lowest BCUT2D eigenvalue weighted by Crippen LogP contribution is -2.53. The molecule has 0 aromatic heterocycles. The van der Waals surface area contributed by atoms with Crippen LogP contribution in [0, 0.1) is 11.8 Å². The van der Waals surface area contributed by atoms with Gasteiger partial charge in [0.25, 0.3) is 0 Å². The number of aliphatic hydroxyl groups excluding tert-OH is 1. The fraction of sp³-hybridized carbons (Fsp3) is 1.00. The summed E-state index contributed by atoms with van der Waals surface area (Å²) in [6, 6.07) is 0.673. The highest BCUT2D eigenvalue weighted by Gasteiger charge is 2.32. The molecule has 0 radical (unpaired) electrons. The quantitative estimate of drug-likeness (QED) is 0.684. The van der Waals surface area contributed by atoms with Crippen LogP contribution in [0.15, 0.2) is 0 Å². The molecule has 2 rings (SSSR count). The average Bonchev–Trinajstić information content (AvgIpc) is 2.08. The van der Waals surface area contributed by atoms with E-state index in [1.807, 2.05) is 0 Å². The highest BCUT2D eigenvalue weighted by Crippen LogP contribution is 2.29. The smallest absolute Gasteiger partial charge is 0.0558 e. The van der Waals surface area contributed by atoms with Crippen LogP contribution >= 0.6 is 0 Å². The van der Waals surface area contributed by atoms with Crippen molar-refractivity contribution in [2.75, 3.05) is 32.8 Å². The predicted octanol–water partition coefficient (Wildman–Crippen LogP) is 0.299. The minimum absolute atomic E-state index is 0.306. The predicted molar refractivity (Wildman–Crippen MR) is 57.2 cm³/mol. The average molecular weight is 198 g/mol. The topological polar surface area (TPSA) is 35.5 Å². The minimum Gasteiger partial charge on any atom is -0.395 e. The Morgan fingerprint density at radius 2 is 2.07 bits per heavy atom. The number of hydrogen-bond acceptors (Lipinski definition) is 3. The third-order valence-electron chi connectivity index (χ3n) is 3.91. The van der Waals surface area contributed by atoms with Crippen LogP contribution in [0.5, 0.6) is 0 Å². The van der Waals surface area contributed by atoms with E-state index in [2.05, 4.69) is 17.1 Å². The highest BCUT2D eigenvalue weighted by molar-refractivity contribution is 4.88. The Morgan fingerprint density at radius 3 is 2.64 bits per heavy atom. The van der Waals surface area contributed by atoms with Crippen molar-refractivity contribution in [3.8, 4) is 0 Å². The molecule has 14 heavy (non-hydrogen) atoms. The van der Waals surface area contributed by atoms with Crippen molar-refractivity contribution in [2.45, 2.75) is 25.8 Å². The molecule has 2 saturated heterocycles. The minimum atomic E-state index is 0.306. The molecule has 2 aliphatic rings. The Hall–Kier alpha value is -0.120. The molecule has 3 nitrogen and oxygen atoms in total. The fourth-order valence-corrected chi connectivity index (χ4v) is 2.68. The highest BCUT2D eigenvalue weighted by atomic mass is 16.3. The molecule has 0 spiro atoms. The van der Waals surface area contributed by atoms with E-state index in [0.29, 0.717) is 12.6 Å². The van der Waals surface area contributed by atoms with E-state index >= 15 is 0 Å². The lowest BCUT2D eigenvalue weighted by molar-refractivity contribution is 0.0577. The van der Waals surface area contributed by atoms with Crippen molar-refractivity contribution in [1.29, 1.82) is 0 Å². The van der Waals surface area contributed by atoms with E-state index in [0.717, 1.165) is 18.4 Å². The van der Waals surface area contributed by atoms with Crippen LogP contribution in [0.2, 0.25) is 0 Å². The first-order chi connectivity index (χ1) is 6.81. The molecule has 2 heterocycles. The summed E-state index contributed by atoms with van der Waals surface area (Å²) in [7, 11) is 0. The zero-order chi connectivity index (χ0) is 9.97. The molecule has 3 heteroatoms. The van der Waals surface area contributed by atoms with Crippen LogP contribution in [0.4, 0.5) is 0 Å². The van der Waals surface area contributed by atoms with Crippen LogP contribution in [-0.2, 0) is 0 Å². The number of β-amino-alcohol motifs (C(OH)–C–C–N with tert-alkyl or cyclic N) is 1. The largest absolute Gasteiger partial charge is 0.395 e. The number of piperidine rings is 1. The maximum atomic E-state index is 8.98. The first kappa shape index (κ1) is 10.4. The molecule has 0 aromatic carbocycles. The van der Waals surface area contributed by atoms with Crippen molar-refractivity contribution in [3.05, 3.63) is 0 Å². The van der Waals surface area contributed by atoms with E-state index in [1.54, 1.807) is 0 Å². The zero-order valence-corrected chi connectivity index (χ0v) is 9.08. The molecule has 0 aromatic rings. The van der Waals surface area contributed by atoms with Gasteiger partial charge in [-0.05, 0) is 44.7 Å². The van der Waals surface area contributed by atoms with Gasteiger partial charge < -0.3 is 10.4 Å². The van der Waals surface area contributed by atoms with E-state index in [9.17, 15) is 0 Å². The van der Waals surface area contributed by atoms with Gasteiger partial charge in [0.1, 0.15) is 0 Å². The molecule has 2 fully saturated rings. The number of hydrogen-bond donors (Lipinski definition) is 2. The Morgan fingerprint density at radius 1 is 1.29 bits per heavy atom. The molecule has 2 unspecified atom stereocenters. The summed E-state index contributed by atoms with van der Waals surface area (Å²) in [5.74, 6) is 1.78. The van der Waals surface area contributed by atoms with Crippen molar-refractivity contribution < 1.29 is 5.11 Å². The maximum absolute atomic E-state index is 8.98. The van der Waals surface area contributed by atoms with Crippen molar-refractivity contribution in [3.63, 3.8) is 0 Å². The van der Waals surface area contributed by atoms with Gasteiger partial charge in [0, 0.05) is 19.1 Å². The summed E-state index contributed by atoms with van der Waals surface area (Å²) in [6.07, 6.45) is 2.69. The van der Waals surface area contributed by atoms with Crippen molar-refractivity contribution >= 4 is 0 Å². The zero-order valence-electron chi connectivity index (χ0n) is 9.08. The monoisotopic (exact) mass is 198 g/mol. The summed E-state index contributed by atoms with van der Waals surface area (Å²) in [4.78, 5) is 2.45.